The third kappa shape index (κ3) is 3.30. The van der Waals surface area contributed by atoms with E-state index in [0.29, 0.717) is 17.0 Å². The number of benzene rings is 1. The molecule has 0 aliphatic heterocycles. The number of rotatable bonds is 5. The molecule has 4 bridgehead atoms. The van der Waals surface area contributed by atoms with E-state index in [1.807, 2.05) is 6.07 Å². The minimum absolute atomic E-state index is 0.0179. The molecular weight excluding hydrogens is 382 g/mol. The van der Waals surface area contributed by atoms with E-state index >= 15 is 0 Å². The molecule has 0 unspecified atom stereocenters. The van der Waals surface area contributed by atoms with Crippen molar-refractivity contribution in [1.29, 1.82) is 0 Å². The number of aromatic amines is 1. The number of hydrogen-bond donors (Lipinski definition) is 2. The van der Waals surface area contributed by atoms with E-state index < -0.39 is 4.92 Å². The lowest BCUT2D eigenvalue weighted by atomic mass is 9.49. The Morgan fingerprint density at radius 1 is 1.17 bits per heavy atom. The van der Waals surface area contributed by atoms with Gasteiger partial charge >= 0.3 is 0 Å². The molecule has 0 atom stereocenters. The molecule has 2 N–H and O–H groups in total. The molecule has 30 heavy (non-hydrogen) atoms. The van der Waals surface area contributed by atoms with Crippen molar-refractivity contribution in [3.63, 3.8) is 0 Å². The van der Waals surface area contributed by atoms with Crippen molar-refractivity contribution in [3.8, 4) is 0 Å². The van der Waals surface area contributed by atoms with Crippen molar-refractivity contribution in [1.82, 2.24) is 15.6 Å². The van der Waals surface area contributed by atoms with Crippen LogP contribution in [0, 0.1) is 27.9 Å². The van der Waals surface area contributed by atoms with Crippen LogP contribution in [-0.2, 0) is 5.41 Å². The zero-order chi connectivity index (χ0) is 20.9. The third-order valence-corrected chi connectivity index (χ3v) is 7.24. The first-order chi connectivity index (χ1) is 14.4. The van der Waals surface area contributed by atoms with Crippen LogP contribution >= 0.6 is 0 Å². The highest BCUT2D eigenvalue weighted by Gasteiger charge is 2.52. The summed E-state index contributed by atoms with van der Waals surface area (Å²) < 4.78 is 0. The van der Waals surface area contributed by atoms with Crippen molar-refractivity contribution in [3.05, 3.63) is 57.4 Å². The molecule has 1 heterocycles. The number of carbonyl (C=O) groups excluding carboxylic acids is 1. The van der Waals surface area contributed by atoms with Gasteiger partial charge in [-0.2, -0.15) is 10.2 Å². The summed E-state index contributed by atoms with van der Waals surface area (Å²) in [6.07, 6.45) is 7.74. The normalized spacial score (nSPS) is 29.8. The van der Waals surface area contributed by atoms with Gasteiger partial charge < -0.3 is 0 Å². The van der Waals surface area contributed by atoms with Crippen LogP contribution in [0.1, 0.15) is 67.2 Å². The smallest absolute Gasteiger partial charge is 0.281 e. The molecule has 4 aliphatic carbocycles. The Hall–Kier alpha value is -3.03. The van der Waals surface area contributed by atoms with Gasteiger partial charge in [0.15, 0.2) is 5.69 Å². The SMILES string of the molecule is C/C(=N\NC(=O)c1cc(C23CC4CC(CC(C4)C2)C3)[nH]n1)c1ccc([N+](=O)[O-])cc1. The predicted molar refractivity (Wildman–Crippen MR) is 111 cm³/mol. The van der Waals surface area contributed by atoms with Crippen molar-refractivity contribution in [2.24, 2.45) is 22.9 Å². The Balaban J connectivity index is 1.28. The number of aromatic nitrogens is 2. The van der Waals surface area contributed by atoms with Gasteiger partial charge in [-0.3, -0.25) is 20.0 Å². The molecule has 4 fully saturated rings. The van der Waals surface area contributed by atoms with Crippen LogP contribution in [0.15, 0.2) is 35.4 Å². The predicted octanol–water partition coefficient (Wildman–Crippen LogP) is 3.94. The monoisotopic (exact) mass is 407 g/mol. The first-order valence-electron chi connectivity index (χ1n) is 10.6. The third-order valence-electron chi connectivity index (χ3n) is 7.24. The second-order valence-corrected chi connectivity index (χ2v) is 9.31. The second-order valence-electron chi connectivity index (χ2n) is 9.31. The maximum atomic E-state index is 12.6. The number of hydrogen-bond acceptors (Lipinski definition) is 5. The molecule has 0 spiro atoms. The molecule has 4 saturated carbocycles. The molecule has 0 saturated heterocycles. The zero-order valence-electron chi connectivity index (χ0n) is 16.9. The molecule has 2 aromatic rings. The summed E-state index contributed by atoms with van der Waals surface area (Å²) in [5.74, 6) is 2.12. The summed E-state index contributed by atoms with van der Waals surface area (Å²) in [5, 5.41) is 22.3. The Labute approximate surface area is 174 Å². The average Bonchev–Trinajstić information content (AvgIpc) is 3.22. The number of nitro benzene ring substituents is 1. The molecule has 1 aromatic heterocycles. The molecule has 1 amide bonds. The van der Waals surface area contributed by atoms with Gasteiger partial charge in [-0.05, 0) is 87.0 Å². The lowest BCUT2D eigenvalue weighted by Crippen LogP contribution is -2.48. The lowest BCUT2D eigenvalue weighted by molar-refractivity contribution is -0.384. The number of hydrazone groups is 1. The number of nitrogens with zero attached hydrogens (tertiary/aromatic N) is 3. The minimum atomic E-state index is -0.447. The van der Waals surface area contributed by atoms with Crippen molar-refractivity contribution >= 4 is 17.3 Å². The second kappa shape index (κ2) is 7.04. The van der Waals surface area contributed by atoms with E-state index in [0.717, 1.165) is 23.4 Å². The van der Waals surface area contributed by atoms with Gasteiger partial charge in [-0.15, -0.1) is 0 Å². The van der Waals surface area contributed by atoms with Crippen LogP contribution in [0.25, 0.3) is 0 Å². The van der Waals surface area contributed by atoms with Crippen LogP contribution < -0.4 is 5.43 Å². The summed E-state index contributed by atoms with van der Waals surface area (Å²) in [6, 6.07) is 7.97. The van der Waals surface area contributed by atoms with Gasteiger partial charge in [-0.1, -0.05) is 0 Å². The van der Waals surface area contributed by atoms with Gasteiger partial charge in [0.2, 0.25) is 0 Å². The first-order valence-corrected chi connectivity index (χ1v) is 10.6. The highest BCUT2D eigenvalue weighted by molar-refractivity contribution is 6.00. The molecule has 8 heteroatoms. The highest BCUT2D eigenvalue weighted by atomic mass is 16.6. The summed E-state index contributed by atoms with van der Waals surface area (Å²) in [6.45, 7) is 1.74. The zero-order valence-corrected chi connectivity index (χ0v) is 16.9. The molecule has 156 valence electrons. The number of carbonyl (C=O) groups is 1. The Morgan fingerprint density at radius 3 is 2.33 bits per heavy atom. The van der Waals surface area contributed by atoms with Gasteiger partial charge in [0.1, 0.15) is 0 Å². The summed E-state index contributed by atoms with van der Waals surface area (Å²) >= 11 is 0. The molecule has 4 aliphatic rings. The quantitative estimate of drug-likeness (QED) is 0.444. The number of nitrogens with one attached hydrogen (secondary N) is 2. The number of non-ortho nitro benzene ring substituents is 1. The Kier molecular flexibility index (Phi) is 4.45. The van der Waals surface area contributed by atoms with Gasteiger partial charge in [0.05, 0.1) is 10.6 Å². The summed E-state index contributed by atoms with van der Waals surface area (Å²) in [4.78, 5) is 22.9. The van der Waals surface area contributed by atoms with E-state index in [1.54, 1.807) is 19.1 Å². The number of amides is 1. The van der Waals surface area contributed by atoms with Crippen LogP contribution in [0.4, 0.5) is 5.69 Å². The number of H-pyrrole nitrogens is 1. The number of nitro groups is 1. The molecule has 6 rings (SSSR count). The van der Waals surface area contributed by atoms with Crippen LogP contribution in [-0.4, -0.2) is 26.7 Å². The van der Waals surface area contributed by atoms with E-state index in [4.69, 9.17) is 0 Å². The first kappa shape index (κ1) is 19.0. The molecule has 8 nitrogen and oxygen atoms in total. The van der Waals surface area contributed by atoms with E-state index in [-0.39, 0.29) is 17.0 Å². The van der Waals surface area contributed by atoms with Gasteiger partial charge in [-0.25, -0.2) is 5.43 Å². The Bertz CT molecular complexity index is 988. The largest absolute Gasteiger partial charge is 0.291 e. The van der Waals surface area contributed by atoms with Crippen molar-refractivity contribution < 1.29 is 9.72 Å². The maximum absolute atomic E-state index is 12.6. The van der Waals surface area contributed by atoms with E-state index in [1.165, 1.54) is 50.7 Å². The summed E-state index contributed by atoms with van der Waals surface area (Å²) in [7, 11) is 0. The van der Waals surface area contributed by atoms with Crippen LogP contribution in [0.2, 0.25) is 0 Å². The van der Waals surface area contributed by atoms with Crippen molar-refractivity contribution in [2.45, 2.75) is 50.9 Å². The maximum Gasteiger partial charge on any atom is 0.291 e. The highest BCUT2D eigenvalue weighted by Crippen LogP contribution is 2.60. The molecular formula is C22H25N5O3. The average molecular weight is 407 g/mol. The van der Waals surface area contributed by atoms with Crippen LogP contribution in [0.5, 0.6) is 0 Å². The topological polar surface area (TPSA) is 113 Å². The lowest BCUT2D eigenvalue weighted by Gasteiger charge is -2.56. The Morgan fingerprint density at radius 2 is 1.77 bits per heavy atom. The standard InChI is InChI=1S/C22H25N5O3/c1-13(17-2-4-18(5-3-17)27(29)30)23-26-21(28)19-9-20(25-24-19)22-10-14-6-15(11-22)8-16(7-14)12-22/h2-5,9,14-16H,6-8,10-12H2,1H3,(H,24,25)(H,26,28)/b23-13+. The fraction of sp³-hybridized carbons (Fsp3) is 0.500. The fourth-order valence-corrected chi connectivity index (χ4v) is 6.23. The fourth-order valence-electron chi connectivity index (χ4n) is 6.23. The molecule has 0 radical (unpaired) electrons. The van der Waals surface area contributed by atoms with Crippen molar-refractivity contribution in [2.75, 3.05) is 0 Å². The minimum Gasteiger partial charge on any atom is -0.281 e. The van der Waals surface area contributed by atoms with Crippen LogP contribution in [0.3, 0.4) is 0 Å². The summed E-state index contributed by atoms with van der Waals surface area (Å²) in [5.41, 5.74) is 5.46. The molecule has 1 aromatic carbocycles. The van der Waals surface area contributed by atoms with E-state index in [2.05, 4.69) is 20.7 Å². The van der Waals surface area contributed by atoms with Gasteiger partial charge in [0.25, 0.3) is 11.6 Å². The van der Waals surface area contributed by atoms with Gasteiger partial charge in [0, 0.05) is 23.2 Å². The van der Waals surface area contributed by atoms with E-state index in [9.17, 15) is 14.9 Å².